The Balaban J connectivity index is 1.16. The molecule has 1 aliphatic carbocycles. The van der Waals surface area contributed by atoms with Crippen molar-refractivity contribution in [2.24, 2.45) is 0 Å². The van der Waals surface area contributed by atoms with Crippen LogP contribution in [0.2, 0.25) is 0 Å². The first-order valence-electron chi connectivity index (χ1n) is 13.3. The summed E-state index contributed by atoms with van der Waals surface area (Å²) >= 11 is 0. The number of morpholine rings is 1. The predicted octanol–water partition coefficient (Wildman–Crippen LogP) is 3.62. The van der Waals surface area contributed by atoms with E-state index in [4.69, 9.17) is 14.2 Å². The van der Waals surface area contributed by atoms with Crippen molar-refractivity contribution in [3.63, 3.8) is 0 Å². The number of ether oxygens (including phenoxy) is 3. The summed E-state index contributed by atoms with van der Waals surface area (Å²) in [5.41, 5.74) is 0.0569. The van der Waals surface area contributed by atoms with Crippen LogP contribution in [-0.4, -0.2) is 72.6 Å². The quantitative estimate of drug-likeness (QED) is 0.205. The SMILES string of the molecule is O=C(NS(=O)(=O)c1ccc(OCC2CN(C3CC3)CCO2)c([N+](=O)[O-])c1)c1ccccc1Oc1cnc2[nH]ccc2c1. The van der Waals surface area contributed by atoms with Crippen LogP contribution in [-0.2, 0) is 14.8 Å². The molecule has 13 nitrogen and oxygen atoms in total. The molecule has 2 fully saturated rings. The molecule has 1 saturated carbocycles. The van der Waals surface area contributed by atoms with Crippen molar-refractivity contribution in [3.05, 3.63) is 82.7 Å². The van der Waals surface area contributed by atoms with Crippen molar-refractivity contribution in [2.75, 3.05) is 26.3 Å². The second-order valence-corrected chi connectivity index (χ2v) is 11.7. The molecule has 2 aromatic carbocycles. The number of nitro groups is 1. The number of benzene rings is 2. The minimum absolute atomic E-state index is 0.0579. The van der Waals surface area contributed by atoms with Gasteiger partial charge in [-0.3, -0.25) is 19.8 Å². The first-order chi connectivity index (χ1) is 20.3. The molecule has 2 aromatic heterocycles. The molecule has 1 unspecified atom stereocenters. The van der Waals surface area contributed by atoms with Gasteiger partial charge in [0.25, 0.3) is 15.9 Å². The van der Waals surface area contributed by atoms with Gasteiger partial charge in [0.2, 0.25) is 0 Å². The Morgan fingerprint density at radius 1 is 1.17 bits per heavy atom. The number of hydrogen-bond acceptors (Lipinski definition) is 10. The molecule has 2 N–H and O–H groups in total. The first kappa shape index (κ1) is 27.6. The average molecular weight is 594 g/mol. The first-order valence-corrected chi connectivity index (χ1v) is 14.8. The Labute approximate surface area is 240 Å². The lowest BCUT2D eigenvalue weighted by atomic mass is 10.2. The van der Waals surface area contributed by atoms with Crippen LogP contribution in [0.25, 0.3) is 11.0 Å². The fourth-order valence-electron chi connectivity index (χ4n) is 4.81. The van der Waals surface area contributed by atoms with Gasteiger partial charge in [-0.05, 0) is 49.2 Å². The fourth-order valence-corrected chi connectivity index (χ4v) is 5.79. The lowest BCUT2D eigenvalue weighted by Gasteiger charge is -2.32. The lowest BCUT2D eigenvalue weighted by molar-refractivity contribution is -0.386. The van der Waals surface area contributed by atoms with E-state index in [0.29, 0.717) is 30.6 Å². The van der Waals surface area contributed by atoms with E-state index in [9.17, 15) is 23.3 Å². The smallest absolute Gasteiger partial charge is 0.312 e. The van der Waals surface area contributed by atoms with E-state index in [1.165, 1.54) is 24.4 Å². The van der Waals surface area contributed by atoms with Gasteiger partial charge in [-0.25, -0.2) is 18.1 Å². The van der Waals surface area contributed by atoms with E-state index >= 15 is 0 Å². The van der Waals surface area contributed by atoms with Gasteiger partial charge >= 0.3 is 5.69 Å². The summed E-state index contributed by atoms with van der Waals surface area (Å²) in [6.07, 6.45) is 5.25. The summed E-state index contributed by atoms with van der Waals surface area (Å²) in [6, 6.07) is 13.4. The predicted molar refractivity (Wildman–Crippen MR) is 150 cm³/mol. The van der Waals surface area contributed by atoms with E-state index < -0.39 is 31.4 Å². The number of nitrogens with zero attached hydrogens (tertiary/aromatic N) is 3. The number of carbonyl (C=O) groups excluding carboxylic acids is 1. The molecule has 0 radical (unpaired) electrons. The molecule has 1 amide bonds. The van der Waals surface area contributed by atoms with Crippen molar-refractivity contribution >= 4 is 32.7 Å². The summed E-state index contributed by atoms with van der Waals surface area (Å²) in [6.45, 7) is 2.14. The van der Waals surface area contributed by atoms with Crippen LogP contribution in [0.1, 0.15) is 23.2 Å². The molecule has 6 rings (SSSR count). The number of H-pyrrole nitrogens is 1. The van der Waals surface area contributed by atoms with Crippen molar-refractivity contribution in [2.45, 2.75) is 29.9 Å². The number of sulfonamides is 1. The Morgan fingerprint density at radius 2 is 2.00 bits per heavy atom. The fraction of sp³-hybridized carbons (Fsp3) is 0.286. The van der Waals surface area contributed by atoms with Gasteiger partial charge in [0, 0.05) is 36.8 Å². The molecule has 218 valence electrons. The third-order valence-corrected chi connectivity index (χ3v) is 8.39. The molecule has 0 spiro atoms. The van der Waals surface area contributed by atoms with Gasteiger partial charge < -0.3 is 19.2 Å². The zero-order valence-corrected chi connectivity index (χ0v) is 23.1. The average Bonchev–Trinajstić information content (AvgIpc) is 3.73. The van der Waals surface area contributed by atoms with Crippen LogP contribution in [0.3, 0.4) is 0 Å². The molecule has 42 heavy (non-hydrogen) atoms. The highest BCUT2D eigenvalue weighted by molar-refractivity contribution is 7.90. The Kier molecular flexibility index (Phi) is 7.49. The van der Waals surface area contributed by atoms with E-state index in [1.807, 2.05) is 10.8 Å². The van der Waals surface area contributed by atoms with Crippen LogP contribution in [0.4, 0.5) is 5.69 Å². The van der Waals surface area contributed by atoms with Gasteiger partial charge in [0.1, 0.15) is 29.9 Å². The third kappa shape index (κ3) is 6.05. The maximum Gasteiger partial charge on any atom is 0.312 e. The zero-order valence-electron chi connectivity index (χ0n) is 22.3. The van der Waals surface area contributed by atoms with Crippen LogP contribution < -0.4 is 14.2 Å². The molecule has 1 saturated heterocycles. The van der Waals surface area contributed by atoms with Crippen LogP contribution in [0.15, 0.2) is 71.9 Å². The number of nitro benzene ring substituents is 1. The van der Waals surface area contributed by atoms with E-state index in [2.05, 4.69) is 14.9 Å². The highest BCUT2D eigenvalue weighted by atomic mass is 32.2. The molecular weight excluding hydrogens is 566 g/mol. The number of amides is 1. The summed E-state index contributed by atoms with van der Waals surface area (Å²) in [5, 5.41) is 12.6. The number of aromatic nitrogens is 2. The minimum atomic E-state index is -4.50. The topological polar surface area (TPSA) is 166 Å². The third-order valence-electron chi connectivity index (χ3n) is 7.06. The number of para-hydroxylation sites is 1. The highest BCUT2D eigenvalue weighted by Crippen LogP contribution is 2.32. The number of rotatable bonds is 10. The lowest BCUT2D eigenvalue weighted by Crippen LogP contribution is -2.45. The number of hydrogen-bond donors (Lipinski definition) is 2. The van der Waals surface area contributed by atoms with Crippen molar-refractivity contribution < 1.29 is 32.3 Å². The summed E-state index contributed by atoms with van der Waals surface area (Å²) in [5.74, 6) is -0.625. The molecular formula is C28H27N5O8S. The molecule has 2 aliphatic rings. The summed E-state index contributed by atoms with van der Waals surface area (Å²) in [7, 11) is -4.50. The minimum Gasteiger partial charge on any atom is -0.484 e. The van der Waals surface area contributed by atoms with E-state index in [0.717, 1.165) is 36.9 Å². The standard InChI is InChI=1S/C28H27N5O8S/c34-28(23-3-1-2-4-25(23)41-20-13-18-9-10-29-27(18)30-15-20)31-42(37,38)22-7-8-26(24(14-22)33(35)36)40-17-21-16-32(11-12-39-21)19-5-6-19/h1-4,7-10,13-15,19,21H,5-6,11-12,16-17H2,(H,29,30)(H,31,34). The highest BCUT2D eigenvalue weighted by Gasteiger charge is 2.33. The van der Waals surface area contributed by atoms with Crippen LogP contribution >= 0.6 is 0 Å². The van der Waals surface area contributed by atoms with Crippen molar-refractivity contribution in [1.82, 2.24) is 19.6 Å². The number of pyridine rings is 1. The number of aromatic amines is 1. The molecule has 4 aromatic rings. The Morgan fingerprint density at radius 3 is 2.81 bits per heavy atom. The normalized spacial score (nSPS) is 17.6. The van der Waals surface area contributed by atoms with Crippen molar-refractivity contribution in [3.8, 4) is 17.2 Å². The van der Waals surface area contributed by atoms with Gasteiger partial charge in [0.05, 0.1) is 28.2 Å². The van der Waals surface area contributed by atoms with Crippen LogP contribution in [0, 0.1) is 10.1 Å². The number of carbonyl (C=O) groups is 1. The van der Waals surface area contributed by atoms with Gasteiger partial charge in [-0.2, -0.15) is 0 Å². The monoisotopic (exact) mass is 593 g/mol. The largest absolute Gasteiger partial charge is 0.484 e. The Bertz CT molecular complexity index is 1750. The molecule has 0 bridgehead atoms. The van der Waals surface area contributed by atoms with E-state index in [-0.39, 0.29) is 29.8 Å². The molecule has 3 heterocycles. The summed E-state index contributed by atoms with van der Waals surface area (Å²) < 4.78 is 45.5. The second-order valence-electron chi connectivity index (χ2n) is 10.0. The zero-order chi connectivity index (χ0) is 29.3. The summed E-state index contributed by atoms with van der Waals surface area (Å²) in [4.78, 5) is 33.2. The van der Waals surface area contributed by atoms with Crippen molar-refractivity contribution in [1.29, 1.82) is 0 Å². The number of fused-ring (bicyclic) bond motifs is 1. The molecule has 1 aliphatic heterocycles. The van der Waals surface area contributed by atoms with Crippen LogP contribution in [0.5, 0.6) is 17.2 Å². The van der Waals surface area contributed by atoms with Gasteiger partial charge in [-0.1, -0.05) is 12.1 Å². The Hall–Kier alpha value is -4.53. The maximum atomic E-state index is 13.1. The second kappa shape index (κ2) is 11.4. The van der Waals surface area contributed by atoms with E-state index in [1.54, 1.807) is 24.4 Å². The van der Waals surface area contributed by atoms with Gasteiger partial charge in [0.15, 0.2) is 5.75 Å². The molecule has 14 heteroatoms. The number of nitrogens with one attached hydrogen (secondary N) is 2. The molecule has 1 atom stereocenters. The van der Waals surface area contributed by atoms with Gasteiger partial charge in [-0.15, -0.1) is 0 Å². The maximum absolute atomic E-state index is 13.1.